The molecule has 0 aliphatic carbocycles. The minimum atomic E-state index is 0.764. The fraction of sp³-hybridized carbons (Fsp3) is 0.167. The van der Waals surface area contributed by atoms with E-state index in [0.29, 0.717) is 0 Å². The molecule has 0 unspecified atom stereocenters. The van der Waals surface area contributed by atoms with Gasteiger partial charge in [-0.3, -0.25) is 0 Å². The molecule has 78 valence electrons. The molecule has 0 spiro atoms. The number of hydrogen-bond acceptors (Lipinski definition) is 2. The van der Waals surface area contributed by atoms with E-state index in [1.165, 1.54) is 16.7 Å². The summed E-state index contributed by atoms with van der Waals surface area (Å²) in [5.74, 6) is 0. The van der Waals surface area contributed by atoms with E-state index in [0.717, 1.165) is 16.4 Å². The second-order valence-electron chi connectivity index (χ2n) is 3.35. The van der Waals surface area contributed by atoms with Gasteiger partial charge in [0.1, 0.15) is 0 Å². The molecule has 1 aromatic heterocycles. The first-order valence-electron chi connectivity index (χ1n) is 4.84. The average Bonchev–Trinajstić information content (AvgIpc) is 2.61. The van der Waals surface area contributed by atoms with E-state index in [2.05, 4.69) is 12.3 Å². The van der Waals surface area contributed by atoms with Crippen LogP contribution in [0.5, 0.6) is 0 Å². The van der Waals surface area contributed by atoms with Crippen molar-refractivity contribution in [3.63, 3.8) is 0 Å². The Kier molecular flexibility index (Phi) is 2.98. The van der Waals surface area contributed by atoms with Gasteiger partial charge in [0, 0.05) is 10.4 Å². The zero-order valence-electron chi connectivity index (χ0n) is 8.46. The SMILES string of the molecule is CCc1c(-c2ccc(Cl)cc2)csc1N. The zero-order valence-corrected chi connectivity index (χ0v) is 10.0. The van der Waals surface area contributed by atoms with Crippen LogP contribution in [-0.4, -0.2) is 0 Å². The lowest BCUT2D eigenvalue weighted by atomic mass is 10.0. The van der Waals surface area contributed by atoms with Crippen molar-refractivity contribution in [3.8, 4) is 11.1 Å². The molecular formula is C12H12ClNS. The zero-order chi connectivity index (χ0) is 10.8. The van der Waals surface area contributed by atoms with Crippen LogP contribution in [0.1, 0.15) is 12.5 Å². The largest absolute Gasteiger partial charge is 0.390 e. The van der Waals surface area contributed by atoms with Crippen molar-refractivity contribution in [1.29, 1.82) is 0 Å². The Balaban J connectivity index is 2.49. The van der Waals surface area contributed by atoms with Crippen LogP contribution < -0.4 is 5.73 Å². The molecule has 3 heteroatoms. The Morgan fingerprint density at radius 3 is 2.53 bits per heavy atom. The summed E-state index contributed by atoms with van der Waals surface area (Å²) in [6.07, 6.45) is 0.966. The number of halogens is 1. The summed E-state index contributed by atoms with van der Waals surface area (Å²) in [5, 5.41) is 3.79. The smallest absolute Gasteiger partial charge is 0.0895 e. The molecule has 15 heavy (non-hydrogen) atoms. The third kappa shape index (κ3) is 2.01. The van der Waals surface area contributed by atoms with Gasteiger partial charge >= 0.3 is 0 Å². The van der Waals surface area contributed by atoms with E-state index < -0.39 is 0 Å². The maximum atomic E-state index is 5.91. The molecule has 2 N–H and O–H groups in total. The molecule has 0 aliphatic heterocycles. The van der Waals surface area contributed by atoms with Crippen molar-refractivity contribution < 1.29 is 0 Å². The normalized spacial score (nSPS) is 10.5. The first-order chi connectivity index (χ1) is 7.22. The molecule has 1 aromatic carbocycles. The average molecular weight is 238 g/mol. The minimum absolute atomic E-state index is 0.764. The summed E-state index contributed by atoms with van der Waals surface area (Å²) in [6.45, 7) is 2.12. The molecule has 2 rings (SSSR count). The Morgan fingerprint density at radius 1 is 1.27 bits per heavy atom. The van der Waals surface area contributed by atoms with Crippen molar-refractivity contribution in [2.75, 3.05) is 5.73 Å². The lowest BCUT2D eigenvalue weighted by molar-refractivity contribution is 1.16. The van der Waals surface area contributed by atoms with Gasteiger partial charge in [0.25, 0.3) is 0 Å². The maximum Gasteiger partial charge on any atom is 0.0895 e. The number of rotatable bonds is 2. The van der Waals surface area contributed by atoms with Gasteiger partial charge in [-0.2, -0.15) is 0 Å². The third-order valence-corrected chi connectivity index (χ3v) is 3.54. The molecule has 2 aromatic rings. The fourth-order valence-electron chi connectivity index (χ4n) is 1.63. The second kappa shape index (κ2) is 4.25. The van der Waals surface area contributed by atoms with Crippen LogP contribution in [0.15, 0.2) is 29.6 Å². The Morgan fingerprint density at radius 2 is 1.93 bits per heavy atom. The Hall–Kier alpha value is -0.990. The molecule has 0 fully saturated rings. The van der Waals surface area contributed by atoms with Crippen LogP contribution in [0.25, 0.3) is 11.1 Å². The van der Waals surface area contributed by atoms with E-state index in [9.17, 15) is 0 Å². The number of benzene rings is 1. The summed E-state index contributed by atoms with van der Waals surface area (Å²) >= 11 is 7.46. The van der Waals surface area contributed by atoms with E-state index >= 15 is 0 Å². The van der Waals surface area contributed by atoms with Crippen LogP contribution in [-0.2, 0) is 6.42 Å². The highest BCUT2D eigenvalue weighted by Gasteiger charge is 2.08. The van der Waals surface area contributed by atoms with Crippen LogP contribution in [0.2, 0.25) is 5.02 Å². The van der Waals surface area contributed by atoms with Gasteiger partial charge in [-0.05, 0) is 35.2 Å². The molecule has 0 saturated heterocycles. The second-order valence-corrected chi connectivity index (χ2v) is 4.70. The summed E-state index contributed by atoms with van der Waals surface area (Å²) in [5.41, 5.74) is 9.57. The highest BCUT2D eigenvalue weighted by atomic mass is 35.5. The molecule has 0 radical (unpaired) electrons. The molecule has 0 saturated carbocycles. The summed E-state index contributed by atoms with van der Waals surface area (Å²) in [6, 6.07) is 7.88. The van der Waals surface area contributed by atoms with Crippen LogP contribution in [0.3, 0.4) is 0 Å². The fourth-order valence-corrected chi connectivity index (χ4v) is 2.68. The number of anilines is 1. The van der Waals surface area contributed by atoms with Crippen molar-refractivity contribution >= 4 is 27.9 Å². The molecular weight excluding hydrogens is 226 g/mol. The van der Waals surface area contributed by atoms with Gasteiger partial charge in [0.15, 0.2) is 0 Å². The molecule has 0 aliphatic rings. The van der Waals surface area contributed by atoms with Crippen molar-refractivity contribution in [2.45, 2.75) is 13.3 Å². The molecule has 0 atom stereocenters. The lowest BCUT2D eigenvalue weighted by Crippen LogP contribution is -1.88. The quantitative estimate of drug-likeness (QED) is 0.832. The Bertz CT molecular complexity index is 459. The van der Waals surface area contributed by atoms with Gasteiger partial charge in [-0.1, -0.05) is 30.7 Å². The lowest BCUT2D eigenvalue weighted by Gasteiger charge is -2.03. The van der Waals surface area contributed by atoms with Crippen LogP contribution in [0, 0.1) is 0 Å². The number of nitrogen functional groups attached to an aromatic ring is 1. The van der Waals surface area contributed by atoms with Gasteiger partial charge < -0.3 is 5.73 Å². The number of hydrogen-bond donors (Lipinski definition) is 1. The predicted molar refractivity (Wildman–Crippen MR) is 68.6 cm³/mol. The van der Waals surface area contributed by atoms with Crippen LogP contribution >= 0.6 is 22.9 Å². The van der Waals surface area contributed by atoms with Gasteiger partial charge in [0.2, 0.25) is 0 Å². The molecule has 0 bridgehead atoms. The number of thiophene rings is 1. The topological polar surface area (TPSA) is 26.0 Å². The van der Waals surface area contributed by atoms with Gasteiger partial charge in [-0.15, -0.1) is 11.3 Å². The predicted octanol–water partition coefficient (Wildman–Crippen LogP) is 4.21. The monoisotopic (exact) mass is 237 g/mol. The maximum absolute atomic E-state index is 5.91. The van der Waals surface area contributed by atoms with Gasteiger partial charge in [-0.25, -0.2) is 0 Å². The van der Waals surface area contributed by atoms with Crippen molar-refractivity contribution in [1.82, 2.24) is 0 Å². The molecule has 1 heterocycles. The van der Waals surface area contributed by atoms with E-state index in [-0.39, 0.29) is 0 Å². The number of nitrogens with two attached hydrogens (primary N) is 1. The summed E-state index contributed by atoms with van der Waals surface area (Å²) in [7, 11) is 0. The third-order valence-electron chi connectivity index (χ3n) is 2.44. The molecule has 1 nitrogen and oxygen atoms in total. The van der Waals surface area contributed by atoms with Crippen molar-refractivity contribution in [3.05, 3.63) is 40.2 Å². The van der Waals surface area contributed by atoms with Gasteiger partial charge in [0.05, 0.1) is 5.00 Å². The standard InChI is InChI=1S/C12H12ClNS/c1-2-10-11(7-15-12(10)14)8-3-5-9(13)6-4-8/h3-7H,2,14H2,1H3. The van der Waals surface area contributed by atoms with E-state index in [4.69, 9.17) is 17.3 Å². The highest BCUT2D eigenvalue weighted by Crippen LogP contribution is 2.34. The minimum Gasteiger partial charge on any atom is -0.390 e. The van der Waals surface area contributed by atoms with Crippen LogP contribution in [0.4, 0.5) is 5.00 Å². The summed E-state index contributed by atoms with van der Waals surface area (Å²) in [4.78, 5) is 0. The first kappa shape index (κ1) is 10.5. The highest BCUT2D eigenvalue weighted by molar-refractivity contribution is 7.14. The first-order valence-corrected chi connectivity index (χ1v) is 6.10. The van der Waals surface area contributed by atoms with Crippen molar-refractivity contribution in [2.24, 2.45) is 0 Å². The Labute approximate surface area is 98.5 Å². The summed E-state index contributed by atoms with van der Waals surface area (Å²) < 4.78 is 0. The molecule has 0 amide bonds. The van der Waals surface area contributed by atoms with E-state index in [1.54, 1.807) is 11.3 Å². The van der Waals surface area contributed by atoms with E-state index in [1.807, 2.05) is 24.3 Å².